The second-order valence-corrected chi connectivity index (χ2v) is 5.62. The molecule has 1 aliphatic heterocycles. The van der Waals surface area contributed by atoms with E-state index in [0.717, 1.165) is 11.3 Å². The van der Waals surface area contributed by atoms with E-state index in [-0.39, 0.29) is 5.91 Å². The number of amides is 3. The van der Waals surface area contributed by atoms with Gasteiger partial charge in [0.1, 0.15) is 5.75 Å². The molecule has 1 aliphatic rings. The van der Waals surface area contributed by atoms with E-state index < -0.39 is 11.8 Å². The fourth-order valence-electron chi connectivity index (χ4n) is 2.66. The molecule has 7 heteroatoms. The maximum absolute atomic E-state index is 12.1. The first kappa shape index (κ1) is 17.8. The maximum atomic E-state index is 12.1. The Bertz CT molecular complexity index is 610. The molecule has 24 heavy (non-hydrogen) atoms. The Morgan fingerprint density at radius 3 is 2.33 bits per heavy atom. The zero-order chi connectivity index (χ0) is 17.5. The van der Waals surface area contributed by atoms with E-state index in [2.05, 4.69) is 5.32 Å². The molecule has 0 spiro atoms. The lowest BCUT2D eigenvalue weighted by Gasteiger charge is -2.33. The van der Waals surface area contributed by atoms with Crippen LogP contribution >= 0.6 is 0 Å². The van der Waals surface area contributed by atoms with Crippen LogP contribution in [0.5, 0.6) is 5.75 Å². The number of carbonyl (C=O) groups is 3. The SMILES string of the molecule is COc1ccccc1CCNC(=O)C(=O)N1CCN(C(C)=O)CC1. The second-order valence-electron chi connectivity index (χ2n) is 5.62. The quantitative estimate of drug-likeness (QED) is 0.790. The van der Waals surface area contributed by atoms with Gasteiger partial charge in [0.05, 0.1) is 7.11 Å². The summed E-state index contributed by atoms with van der Waals surface area (Å²) >= 11 is 0. The van der Waals surface area contributed by atoms with E-state index in [9.17, 15) is 14.4 Å². The van der Waals surface area contributed by atoms with Crippen LogP contribution in [-0.4, -0.2) is 67.4 Å². The number of ether oxygens (including phenoxy) is 1. The van der Waals surface area contributed by atoms with Crippen molar-refractivity contribution in [2.24, 2.45) is 0 Å². The molecular formula is C17H23N3O4. The Kier molecular flexibility index (Phi) is 6.17. The maximum Gasteiger partial charge on any atom is 0.312 e. The highest BCUT2D eigenvalue weighted by Gasteiger charge is 2.26. The van der Waals surface area contributed by atoms with Gasteiger partial charge in [0, 0.05) is 39.6 Å². The van der Waals surface area contributed by atoms with Crippen LogP contribution in [0.15, 0.2) is 24.3 Å². The number of carbonyl (C=O) groups excluding carboxylic acids is 3. The number of hydrogen-bond donors (Lipinski definition) is 1. The van der Waals surface area contributed by atoms with Gasteiger partial charge in [-0.05, 0) is 18.1 Å². The van der Waals surface area contributed by atoms with Crippen LogP contribution in [0.4, 0.5) is 0 Å². The van der Waals surface area contributed by atoms with Crippen molar-refractivity contribution in [1.29, 1.82) is 0 Å². The average Bonchev–Trinajstić information content (AvgIpc) is 2.61. The summed E-state index contributed by atoms with van der Waals surface area (Å²) in [7, 11) is 1.60. The molecule has 1 aromatic rings. The third-order valence-corrected chi connectivity index (χ3v) is 4.08. The highest BCUT2D eigenvalue weighted by Crippen LogP contribution is 2.17. The molecule has 2 rings (SSSR count). The van der Waals surface area contributed by atoms with Crippen molar-refractivity contribution in [3.63, 3.8) is 0 Å². The first-order valence-corrected chi connectivity index (χ1v) is 7.97. The van der Waals surface area contributed by atoms with Gasteiger partial charge in [-0.3, -0.25) is 14.4 Å². The summed E-state index contributed by atoms with van der Waals surface area (Å²) in [6.07, 6.45) is 0.584. The zero-order valence-electron chi connectivity index (χ0n) is 14.1. The highest BCUT2D eigenvalue weighted by molar-refractivity contribution is 6.35. The molecule has 1 fully saturated rings. The zero-order valence-corrected chi connectivity index (χ0v) is 14.1. The van der Waals surface area contributed by atoms with Crippen LogP contribution in [0.1, 0.15) is 12.5 Å². The number of hydrogen-bond acceptors (Lipinski definition) is 4. The molecule has 0 radical (unpaired) electrons. The van der Waals surface area contributed by atoms with Crippen LogP contribution in [0, 0.1) is 0 Å². The van der Waals surface area contributed by atoms with E-state index in [1.165, 1.54) is 11.8 Å². The molecule has 1 N–H and O–H groups in total. The van der Waals surface area contributed by atoms with E-state index in [1.807, 2.05) is 24.3 Å². The Balaban J connectivity index is 1.78. The number of benzene rings is 1. The van der Waals surface area contributed by atoms with Crippen molar-refractivity contribution in [3.05, 3.63) is 29.8 Å². The molecule has 1 saturated heterocycles. The minimum Gasteiger partial charge on any atom is -0.496 e. The smallest absolute Gasteiger partial charge is 0.312 e. The molecule has 0 saturated carbocycles. The number of piperazine rings is 1. The molecule has 0 atom stereocenters. The van der Waals surface area contributed by atoms with Gasteiger partial charge in [-0.1, -0.05) is 18.2 Å². The van der Waals surface area contributed by atoms with Gasteiger partial charge >= 0.3 is 11.8 Å². The van der Waals surface area contributed by atoms with Crippen LogP contribution < -0.4 is 10.1 Å². The Morgan fingerprint density at radius 1 is 1.08 bits per heavy atom. The molecule has 0 bridgehead atoms. The normalized spacial score (nSPS) is 14.2. The lowest BCUT2D eigenvalue weighted by Crippen LogP contribution is -2.53. The first-order valence-electron chi connectivity index (χ1n) is 7.97. The van der Waals surface area contributed by atoms with E-state index in [1.54, 1.807) is 12.0 Å². The number of nitrogens with one attached hydrogen (secondary N) is 1. The molecule has 1 heterocycles. The molecule has 3 amide bonds. The average molecular weight is 333 g/mol. The predicted octanol–water partition coefficient (Wildman–Crippen LogP) is 0.0446. The number of para-hydroxylation sites is 1. The van der Waals surface area contributed by atoms with Crippen LogP contribution in [0.2, 0.25) is 0 Å². The summed E-state index contributed by atoms with van der Waals surface area (Å²) in [6.45, 7) is 3.57. The van der Waals surface area contributed by atoms with Crippen LogP contribution in [-0.2, 0) is 20.8 Å². The van der Waals surface area contributed by atoms with Gasteiger partial charge in [0.15, 0.2) is 0 Å². The highest BCUT2D eigenvalue weighted by atomic mass is 16.5. The topological polar surface area (TPSA) is 79.0 Å². The van der Waals surface area contributed by atoms with Crippen molar-refractivity contribution in [3.8, 4) is 5.75 Å². The number of methoxy groups -OCH3 is 1. The summed E-state index contributed by atoms with van der Waals surface area (Å²) in [5, 5.41) is 2.65. The summed E-state index contributed by atoms with van der Waals surface area (Å²) in [5.41, 5.74) is 0.975. The lowest BCUT2D eigenvalue weighted by atomic mass is 10.1. The lowest BCUT2D eigenvalue weighted by molar-refractivity contribution is -0.148. The van der Waals surface area contributed by atoms with Crippen molar-refractivity contribution in [2.75, 3.05) is 39.8 Å². The van der Waals surface area contributed by atoms with Gasteiger partial charge in [0.2, 0.25) is 5.91 Å². The van der Waals surface area contributed by atoms with Gasteiger partial charge in [-0.2, -0.15) is 0 Å². The third kappa shape index (κ3) is 4.47. The van der Waals surface area contributed by atoms with Crippen molar-refractivity contribution in [1.82, 2.24) is 15.1 Å². The number of nitrogens with zero attached hydrogens (tertiary/aromatic N) is 2. The van der Waals surface area contributed by atoms with Crippen molar-refractivity contribution < 1.29 is 19.1 Å². The molecule has 7 nitrogen and oxygen atoms in total. The molecule has 0 aliphatic carbocycles. The molecule has 0 unspecified atom stereocenters. The van der Waals surface area contributed by atoms with Crippen molar-refractivity contribution >= 4 is 17.7 Å². The largest absolute Gasteiger partial charge is 0.496 e. The van der Waals surface area contributed by atoms with Crippen LogP contribution in [0.3, 0.4) is 0 Å². The van der Waals surface area contributed by atoms with E-state index >= 15 is 0 Å². The fraction of sp³-hybridized carbons (Fsp3) is 0.471. The summed E-state index contributed by atoms with van der Waals surface area (Å²) in [5.74, 6) is -0.402. The standard InChI is InChI=1S/C17H23N3O4/c1-13(21)19-9-11-20(12-10-19)17(23)16(22)18-8-7-14-5-3-4-6-15(14)24-2/h3-6H,7-12H2,1-2H3,(H,18,22). The predicted molar refractivity (Wildman–Crippen MR) is 88.5 cm³/mol. The molecule has 0 aromatic heterocycles. The molecule has 1 aromatic carbocycles. The minimum atomic E-state index is -0.610. The van der Waals surface area contributed by atoms with E-state index in [0.29, 0.717) is 39.1 Å². The number of rotatable bonds is 4. The van der Waals surface area contributed by atoms with Gasteiger partial charge in [-0.25, -0.2) is 0 Å². The summed E-state index contributed by atoms with van der Waals surface area (Å²) in [6, 6.07) is 7.56. The molecule has 130 valence electrons. The van der Waals surface area contributed by atoms with Gasteiger partial charge in [-0.15, -0.1) is 0 Å². The Hall–Kier alpha value is -2.57. The fourth-order valence-corrected chi connectivity index (χ4v) is 2.66. The van der Waals surface area contributed by atoms with E-state index in [4.69, 9.17) is 4.74 Å². The van der Waals surface area contributed by atoms with Crippen LogP contribution in [0.25, 0.3) is 0 Å². The monoisotopic (exact) mass is 333 g/mol. The first-order chi connectivity index (χ1) is 11.5. The minimum absolute atomic E-state index is 0.0108. The third-order valence-electron chi connectivity index (χ3n) is 4.08. The second kappa shape index (κ2) is 8.33. The van der Waals surface area contributed by atoms with Gasteiger partial charge in [0.25, 0.3) is 0 Å². The Labute approximate surface area is 141 Å². The molecular weight excluding hydrogens is 310 g/mol. The van der Waals surface area contributed by atoms with Gasteiger partial charge < -0.3 is 19.9 Å². The summed E-state index contributed by atoms with van der Waals surface area (Å²) < 4.78 is 5.25. The Morgan fingerprint density at radius 2 is 1.71 bits per heavy atom. The summed E-state index contributed by atoms with van der Waals surface area (Å²) in [4.78, 5) is 38.5. The van der Waals surface area contributed by atoms with Crippen molar-refractivity contribution in [2.45, 2.75) is 13.3 Å².